The summed E-state index contributed by atoms with van der Waals surface area (Å²) in [5.41, 5.74) is -1.33. The molecule has 0 saturated heterocycles. The first kappa shape index (κ1) is 14.4. The Morgan fingerprint density at radius 3 is 2.42 bits per heavy atom. The van der Waals surface area contributed by atoms with Crippen molar-refractivity contribution in [3.05, 3.63) is 0 Å². The van der Waals surface area contributed by atoms with Gasteiger partial charge in [-0.1, -0.05) is 13.3 Å². The van der Waals surface area contributed by atoms with Crippen molar-refractivity contribution in [3.8, 4) is 0 Å². The van der Waals surface area contributed by atoms with Gasteiger partial charge in [0.15, 0.2) is 5.41 Å². The van der Waals surface area contributed by atoms with Crippen LogP contribution in [0, 0.1) is 23.2 Å². The lowest BCUT2D eigenvalue weighted by Gasteiger charge is -2.32. The molecular weight excluding hydrogens is 244 g/mol. The lowest BCUT2D eigenvalue weighted by atomic mass is 9.72. The minimum absolute atomic E-state index is 0.241. The fraction of sp³-hybridized carbons (Fsp3) is 0.867. The Morgan fingerprint density at radius 2 is 2.00 bits per heavy atom. The molecule has 2 rings (SSSR count). The minimum atomic E-state index is -1.33. The summed E-state index contributed by atoms with van der Waals surface area (Å²) >= 11 is 0. The molecule has 19 heavy (non-hydrogen) atoms. The van der Waals surface area contributed by atoms with E-state index in [1.807, 2.05) is 0 Å². The summed E-state index contributed by atoms with van der Waals surface area (Å²) in [6.07, 6.45) is 5.59. The van der Waals surface area contributed by atoms with Crippen molar-refractivity contribution in [3.63, 3.8) is 0 Å². The van der Waals surface area contributed by atoms with Gasteiger partial charge in [-0.3, -0.25) is 9.59 Å². The number of carboxylic acid groups (broad SMARTS) is 1. The van der Waals surface area contributed by atoms with Gasteiger partial charge in [0.2, 0.25) is 0 Å². The number of fused-ring (bicyclic) bond motifs is 2. The number of carbonyl (C=O) groups is 2. The summed E-state index contributed by atoms with van der Waals surface area (Å²) in [6.45, 7) is 3.74. The van der Waals surface area contributed by atoms with Crippen LogP contribution in [0.3, 0.4) is 0 Å². The number of hydrogen-bond acceptors (Lipinski definition) is 3. The fourth-order valence-corrected chi connectivity index (χ4v) is 4.04. The Bertz CT molecular complexity index is 365. The highest BCUT2D eigenvalue weighted by atomic mass is 16.5. The predicted octanol–water partition coefficient (Wildman–Crippen LogP) is 2.86. The Labute approximate surface area is 114 Å². The molecule has 1 N–H and O–H groups in total. The molecule has 0 aromatic heterocycles. The molecule has 2 bridgehead atoms. The van der Waals surface area contributed by atoms with Crippen molar-refractivity contribution in [1.82, 2.24) is 0 Å². The van der Waals surface area contributed by atoms with E-state index < -0.39 is 17.4 Å². The Morgan fingerprint density at radius 1 is 1.26 bits per heavy atom. The average molecular weight is 268 g/mol. The fourth-order valence-electron chi connectivity index (χ4n) is 4.04. The minimum Gasteiger partial charge on any atom is -0.480 e. The van der Waals surface area contributed by atoms with Gasteiger partial charge in [0.1, 0.15) is 0 Å². The predicted molar refractivity (Wildman–Crippen MR) is 70.5 cm³/mol. The van der Waals surface area contributed by atoms with Gasteiger partial charge in [0.05, 0.1) is 6.61 Å². The lowest BCUT2D eigenvalue weighted by molar-refractivity contribution is -0.170. The zero-order valence-electron chi connectivity index (χ0n) is 11.9. The second-order valence-electron chi connectivity index (χ2n) is 6.10. The topological polar surface area (TPSA) is 63.6 Å². The van der Waals surface area contributed by atoms with Gasteiger partial charge in [0, 0.05) is 0 Å². The first-order chi connectivity index (χ1) is 9.03. The molecule has 0 spiro atoms. The molecule has 4 nitrogen and oxygen atoms in total. The number of esters is 1. The van der Waals surface area contributed by atoms with E-state index in [1.165, 1.54) is 19.3 Å². The maximum absolute atomic E-state index is 12.1. The van der Waals surface area contributed by atoms with Gasteiger partial charge in [-0.2, -0.15) is 0 Å². The van der Waals surface area contributed by atoms with E-state index in [0.717, 1.165) is 12.3 Å². The van der Waals surface area contributed by atoms with Gasteiger partial charge in [0.25, 0.3) is 0 Å². The zero-order valence-corrected chi connectivity index (χ0v) is 11.9. The number of ether oxygens (including phenoxy) is 1. The van der Waals surface area contributed by atoms with Gasteiger partial charge in [-0.15, -0.1) is 0 Å². The van der Waals surface area contributed by atoms with Crippen molar-refractivity contribution < 1.29 is 19.4 Å². The van der Waals surface area contributed by atoms with Crippen LogP contribution in [-0.4, -0.2) is 23.7 Å². The van der Waals surface area contributed by atoms with Crippen molar-refractivity contribution in [2.24, 2.45) is 23.2 Å². The summed E-state index contributed by atoms with van der Waals surface area (Å²) < 4.78 is 5.03. The van der Waals surface area contributed by atoms with Crippen LogP contribution in [0.1, 0.15) is 52.4 Å². The molecule has 108 valence electrons. The molecule has 2 aliphatic carbocycles. The van der Waals surface area contributed by atoms with E-state index in [-0.39, 0.29) is 6.61 Å². The zero-order chi connectivity index (χ0) is 14.0. The highest BCUT2D eigenvalue weighted by molar-refractivity contribution is 5.99. The van der Waals surface area contributed by atoms with Crippen LogP contribution in [-0.2, 0) is 14.3 Å². The molecule has 0 aromatic rings. The van der Waals surface area contributed by atoms with Crippen LogP contribution in [0.25, 0.3) is 0 Å². The van der Waals surface area contributed by atoms with Gasteiger partial charge in [-0.25, -0.2) is 0 Å². The number of aliphatic carboxylic acids is 1. The van der Waals surface area contributed by atoms with Crippen LogP contribution in [0.2, 0.25) is 0 Å². The molecule has 2 aliphatic rings. The molecule has 4 unspecified atom stereocenters. The molecule has 0 radical (unpaired) electrons. The van der Waals surface area contributed by atoms with Crippen molar-refractivity contribution >= 4 is 11.9 Å². The molecule has 4 atom stereocenters. The first-order valence-corrected chi connectivity index (χ1v) is 7.44. The smallest absolute Gasteiger partial charge is 0.323 e. The van der Waals surface area contributed by atoms with Crippen LogP contribution in [0.15, 0.2) is 0 Å². The number of carboxylic acids is 1. The van der Waals surface area contributed by atoms with Gasteiger partial charge >= 0.3 is 11.9 Å². The third kappa shape index (κ3) is 2.49. The Hall–Kier alpha value is -1.06. The van der Waals surface area contributed by atoms with E-state index in [9.17, 15) is 14.7 Å². The Balaban J connectivity index is 2.13. The number of carbonyl (C=O) groups excluding carboxylic acids is 1. The van der Waals surface area contributed by atoms with E-state index in [4.69, 9.17) is 4.74 Å². The number of rotatable bonds is 6. The van der Waals surface area contributed by atoms with E-state index >= 15 is 0 Å². The van der Waals surface area contributed by atoms with Crippen LogP contribution >= 0.6 is 0 Å². The van der Waals surface area contributed by atoms with Crippen molar-refractivity contribution in [2.75, 3.05) is 6.61 Å². The normalized spacial score (nSPS) is 32.0. The molecule has 0 aromatic carbocycles. The molecule has 2 fully saturated rings. The van der Waals surface area contributed by atoms with E-state index in [1.54, 1.807) is 13.8 Å². The first-order valence-electron chi connectivity index (χ1n) is 7.44. The van der Waals surface area contributed by atoms with E-state index in [0.29, 0.717) is 24.7 Å². The van der Waals surface area contributed by atoms with Crippen LogP contribution in [0.4, 0.5) is 0 Å². The highest BCUT2D eigenvalue weighted by Gasteiger charge is 2.51. The standard InChI is InChI=1S/C15H24O4/c1-3-15(13(16)17,14(18)19-4-2)9-12-8-10-5-6-11(12)7-10/h10-12H,3-9H2,1-2H3,(H,16,17). The van der Waals surface area contributed by atoms with Crippen molar-refractivity contribution in [1.29, 1.82) is 0 Å². The molecule has 0 aliphatic heterocycles. The molecule has 4 heteroatoms. The SMILES string of the molecule is CCOC(=O)C(CC)(CC1CC2CCC1C2)C(=O)O. The van der Waals surface area contributed by atoms with Crippen LogP contribution in [0.5, 0.6) is 0 Å². The monoisotopic (exact) mass is 268 g/mol. The largest absolute Gasteiger partial charge is 0.480 e. The highest BCUT2D eigenvalue weighted by Crippen LogP contribution is 2.52. The molecule has 2 saturated carbocycles. The summed E-state index contributed by atoms with van der Waals surface area (Å²) in [4.78, 5) is 23.8. The van der Waals surface area contributed by atoms with E-state index in [2.05, 4.69) is 0 Å². The Kier molecular flexibility index (Phi) is 4.16. The maximum Gasteiger partial charge on any atom is 0.323 e. The molecule has 0 heterocycles. The van der Waals surface area contributed by atoms with Crippen molar-refractivity contribution in [2.45, 2.75) is 52.4 Å². The third-order valence-corrected chi connectivity index (χ3v) is 5.17. The number of hydrogen-bond donors (Lipinski definition) is 1. The average Bonchev–Trinajstić information content (AvgIpc) is 2.97. The summed E-state index contributed by atoms with van der Waals surface area (Å²) in [5, 5.41) is 9.55. The third-order valence-electron chi connectivity index (χ3n) is 5.17. The quantitative estimate of drug-likeness (QED) is 0.594. The van der Waals surface area contributed by atoms with Crippen LogP contribution < -0.4 is 0 Å². The summed E-state index contributed by atoms with van der Waals surface area (Å²) in [6, 6.07) is 0. The second-order valence-corrected chi connectivity index (χ2v) is 6.10. The van der Waals surface area contributed by atoms with Gasteiger partial charge in [-0.05, 0) is 56.8 Å². The summed E-state index contributed by atoms with van der Waals surface area (Å²) in [7, 11) is 0. The van der Waals surface area contributed by atoms with Gasteiger partial charge < -0.3 is 9.84 Å². The summed E-state index contributed by atoms with van der Waals surface area (Å²) in [5.74, 6) is 0.216. The molecular formula is C15H24O4. The maximum atomic E-state index is 12.1. The lowest BCUT2D eigenvalue weighted by Crippen LogP contribution is -2.42. The second kappa shape index (κ2) is 5.51. The molecule has 0 amide bonds.